The number of hydrogen-bond donors (Lipinski definition) is 1. The minimum atomic E-state index is -4.79. The van der Waals surface area contributed by atoms with Gasteiger partial charge in [-0.15, -0.1) is 0 Å². The molecule has 3 heterocycles. The highest BCUT2D eigenvalue weighted by Crippen LogP contribution is 2.55. The monoisotopic (exact) mass is 616 g/mol. The van der Waals surface area contributed by atoms with Crippen LogP contribution in [-0.4, -0.2) is 22.0 Å². The normalized spacial score (nSPS) is 20.2. The number of alkyl halides is 3. The molecule has 3 aromatic carbocycles. The number of carbonyl (C=O) groups is 2. The van der Waals surface area contributed by atoms with Crippen LogP contribution in [0.2, 0.25) is 5.02 Å². The number of benzene rings is 3. The summed E-state index contributed by atoms with van der Waals surface area (Å²) in [4.78, 5) is 43.6. The second-order valence-electron chi connectivity index (χ2n) is 9.74. The second-order valence-corrected chi connectivity index (χ2v) is 12.3. The molecule has 2 aliphatic heterocycles. The van der Waals surface area contributed by atoms with E-state index in [9.17, 15) is 27.6 Å². The van der Waals surface area contributed by atoms with Crippen LogP contribution in [0.3, 0.4) is 0 Å². The van der Waals surface area contributed by atoms with Crippen LogP contribution in [0.1, 0.15) is 33.0 Å². The molecule has 0 saturated carbocycles. The molecule has 1 fully saturated rings. The lowest BCUT2D eigenvalue weighted by molar-refractivity contribution is -0.137. The van der Waals surface area contributed by atoms with Gasteiger partial charge >= 0.3 is 11.0 Å². The highest BCUT2D eigenvalue weighted by Gasteiger charge is 2.57. The van der Waals surface area contributed by atoms with E-state index in [4.69, 9.17) is 16.3 Å². The standard InChI is InChI=1S/C29H20ClF3N2O4S2/c1-14-5-4-6-15(11-14)13-39-20-10-9-16(30)12-17(20)21-22-24(40-25-23(21)41-28(38)34-25)27(37)35(26(22)36)19-8-3-2-7-18(19)29(31,32)33/h2-12,21-22,24H,13H2,1H3,(H,34,38)/t21-,22-,24+/m0/s1. The molecule has 2 amide bonds. The fourth-order valence-electron chi connectivity index (χ4n) is 5.35. The van der Waals surface area contributed by atoms with Crippen LogP contribution in [0.25, 0.3) is 0 Å². The van der Waals surface area contributed by atoms with Gasteiger partial charge in [0, 0.05) is 21.4 Å². The third kappa shape index (κ3) is 4.96. The predicted molar refractivity (Wildman–Crippen MR) is 151 cm³/mol. The van der Waals surface area contributed by atoms with Gasteiger partial charge < -0.3 is 9.72 Å². The fourth-order valence-corrected chi connectivity index (χ4v) is 8.04. The van der Waals surface area contributed by atoms with Gasteiger partial charge in [0.25, 0.3) is 0 Å². The summed E-state index contributed by atoms with van der Waals surface area (Å²) in [5.74, 6) is -3.16. The van der Waals surface area contributed by atoms with Crippen molar-refractivity contribution >= 4 is 52.2 Å². The lowest BCUT2D eigenvalue weighted by atomic mass is 9.82. The maximum atomic E-state index is 14.0. The third-order valence-electron chi connectivity index (χ3n) is 7.06. The van der Waals surface area contributed by atoms with E-state index in [0.29, 0.717) is 31.1 Å². The number of anilines is 1. The van der Waals surface area contributed by atoms with Crippen molar-refractivity contribution in [3.05, 3.63) is 109 Å². The summed E-state index contributed by atoms with van der Waals surface area (Å²) in [6.07, 6.45) is -4.79. The molecule has 3 atom stereocenters. The van der Waals surface area contributed by atoms with Gasteiger partial charge in [-0.25, -0.2) is 4.90 Å². The van der Waals surface area contributed by atoms with Gasteiger partial charge in [0.1, 0.15) is 17.6 Å². The number of nitrogens with one attached hydrogen (secondary N) is 1. The molecule has 0 spiro atoms. The molecular weight excluding hydrogens is 597 g/mol. The van der Waals surface area contributed by atoms with Crippen LogP contribution in [0.4, 0.5) is 18.9 Å². The Labute approximate surface area is 245 Å². The quantitative estimate of drug-likeness (QED) is 0.250. The number of halogens is 4. The average Bonchev–Trinajstić information content (AvgIpc) is 3.41. The van der Waals surface area contributed by atoms with E-state index >= 15 is 0 Å². The average molecular weight is 617 g/mol. The van der Waals surface area contributed by atoms with Crippen molar-refractivity contribution in [2.24, 2.45) is 5.92 Å². The van der Waals surface area contributed by atoms with Crippen molar-refractivity contribution in [3.8, 4) is 5.75 Å². The number of thiazole rings is 1. The lowest BCUT2D eigenvalue weighted by Gasteiger charge is -2.31. The van der Waals surface area contributed by atoms with Crippen molar-refractivity contribution in [1.82, 2.24) is 4.98 Å². The molecule has 2 aliphatic rings. The van der Waals surface area contributed by atoms with E-state index in [2.05, 4.69) is 4.98 Å². The van der Waals surface area contributed by atoms with Crippen LogP contribution in [0, 0.1) is 12.8 Å². The summed E-state index contributed by atoms with van der Waals surface area (Å²) >= 11 is 8.26. The zero-order valence-electron chi connectivity index (χ0n) is 21.2. The van der Waals surface area contributed by atoms with Gasteiger partial charge in [-0.2, -0.15) is 13.2 Å². The number of aromatic nitrogens is 1. The van der Waals surface area contributed by atoms with Crippen molar-refractivity contribution < 1.29 is 27.5 Å². The molecule has 0 bridgehead atoms. The number of H-pyrrole nitrogens is 1. The van der Waals surface area contributed by atoms with E-state index in [1.54, 1.807) is 18.2 Å². The molecule has 12 heteroatoms. The van der Waals surface area contributed by atoms with Crippen LogP contribution in [0.5, 0.6) is 5.75 Å². The molecule has 1 N–H and O–H groups in total. The first kappa shape index (κ1) is 27.6. The smallest absolute Gasteiger partial charge is 0.418 e. The second kappa shape index (κ2) is 10.4. The summed E-state index contributed by atoms with van der Waals surface area (Å²) in [6.45, 7) is 2.15. The van der Waals surface area contributed by atoms with Crippen LogP contribution in [-0.2, 0) is 22.4 Å². The minimum Gasteiger partial charge on any atom is -0.489 e. The number of rotatable bonds is 5. The van der Waals surface area contributed by atoms with E-state index in [1.807, 2.05) is 31.2 Å². The first-order valence-corrected chi connectivity index (χ1v) is 14.5. The Morgan fingerprint density at radius 1 is 1.00 bits per heavy atom. The number of imide groups is 1. The lowest BCUT2D eigenvalue weighted by Crippen LogP contribution is -2.33. The van der Waals surface area contributed by atoms with Gasteiger partial charge in [-0.3, -0.25) is 14.4 Å². The Hall–Kier alpha value is -3.54. The Morgan fingerprint density at radius 3 is 2.54 bits per heavy atom. The number of hydrogen-bond acceptors (Lipinski definition) is 6. The van der Waals surface area contributed by atoms with Gasteiger partial charge in [0.15, 0.2) is 0 Å². The molecule has 4 aromatic rings. The molecular formula is C29H20ClF3N2O4S2. The van der Waals surface area contributed by atoms with Crippen molar-refractivity contribution in [3.63, 3.8) is 0 Å². The van der Waals surface area contributed by atoms with Gasteiger partial charge in [-0.05, 0) is 42.8 Å². The molecule has 0 unspecified atom stereocenters. The number of aryl methyl sites for hydroxylation is 1. The number of aromatic amines is 1. The number of fused-ring (bicyclic) bond motifs is 2. The highest BCUT2D eigenvalue weighted by molar-refractivity contribution is 8.00. The molecule has 210 valence electrons. The van der Waals surface area contributed by atoms with E-state index in [1.165, 1.54) is 12.1 Å². The van der Waals surface area contributed by atoms with E-state index in [0.717, 1.165) is 46.4 Å². The van der Waals surface area contributed by atoms with Gasteiger partial charge in [0.2, 0.25) is 11.8 Å². The summed E-state index contributed by atoms with van der Waals surface area (Å²) < 4.78 is 47.9. The Morgan fingerprint density at radius 2 is 1.78 bits per heavy atom. The summed E-state index contributed by atoms with van der Waals surface area (Å²) in [5.41, 5.74) is 0.796. The van der Waals surface area contributed by atoms with E-state index in [-0.39, 0.29) is 11.5 Å². The summed E-state index contributed by atoms with van der Waals surface area (Å²) in [7, 11) is 0. The number of thioether (sulfide) groups is 1. The molecule has 41 heavy (non-hydrogen) atoms. The fraction of sp³-hybridized carbons (Fsp3) is 0.207. The molecule has 0 radical (unpaired) electrons. The molecule has 6 nitrogen and oxygen atoms in total. The SMILES string of the molecule is Cc1cccc(COc2ccc(Cl)cc2[C@@H]2c3sc(=O)[nH]c3S[C@H]3C(=O)N(c4ccccc4C(F)(F)F)C(=O)[C@@H]23)c1. The van der Waals surface area contributed by atoms with Crippen LogP contribution in [0.15, 0.2) is 76.6 Å². The topological polar surface area (TPSA) is 79.5 Å². The third-order valence-corrected chi connectivity index (χ3v) is 9.69. The van der Waals surface area contributed by atoms with Gasteiger partial charge in [-0.1, -0.05) is 76.7 Å². The maximum absolute atomic E-state index is 14.0. The van der Waals surface area contributed by atoms with Crippen LogP contribution < -0.4 is 14.5 Å². The number of carbonyl (C=O) groups excluding carboxylic acids is 2. The highest BCUT2D eigenvalue weighted by atomic mass is 35.5. The molecule has 1 saturated heterocycles. The van der Waals surface area contributed by atoms with Crippen LogP contribution >= 0.6 is 34.7 Å². The Kier molecular flexibility index (Phi) is 6.99. The number of nitrogens with zero attached hydrogens (tertiary/aromatic N) is 1. The zero-order valence-corrected chi connectivity index (χ0v) is 23.6. The first-order valence-electron chi connectivity index (χ1n) is 12.4. The largest absolute Gasteiger partial charge is 0.489 e. The maximum Gasteiger partial charge on any atom is 0.418 e. The van der Waals surface area contributed by atoms with Crippen molar-refractivity contribution in [2.75, 3.05) is 4.90 Å². The van der Waals surface area contributed by atoms with E-state index < -0.39 is 46.3 Å². The molecule has 0 aliphatic carbocycles. The summed E-state index contributed by atoms with van der Waals surface area (Å²) in [6, 6.07) is 17.1. The predicted octanol–water partition coefficient (Wildman–Crippen LogP) is 6.79. The Balaban J connectivity index is 1.46. The number of para-hydroxylation sites is 1. The van der Waals surface area contributed by atoms with Gasteiger partial charge in [0.05, 0.1) is 22.2 Å². The number of ether oxygens (including phenoxy) is 1. The summed E-state index contributed by atoms with van der Waals surface area (Å²) in [5, 5.41) is -0.351. The van der Waals surface area contributed by atoms with Crippen molar-refractivity contribution in [2.45, 2.75) is 35.9 Å². The van der Waals surface area contributed by atoms with Crippen molar-refractivity contribution in [1.29, 1.82) is 0 Å². The zero-order chi connectivity index (χ0) is 29.1. The first-order chi connectivity index (χ1) is 19.5. The Bertz CT molecular complexity index is 1750. The number of amides is 2. The molecule has 1 aromatic heterocycles. The molecule has 6 rings (SSSR count). The minimum absolute atomic E-state index is 0.195.